The van der Waals surface area contributed by atoms with Crippen LogP contribution in [0.2, 0.25) is 0 Å². The SMILES string of the molecule is CC1=[C-]CC=C1.CC1=[C-]CC=C1.[CH3-].[CH3-].[SiH2]=[Zr]([Cl])[Cl]. The Bertz CT molecular complexity index is 304. The Hall–Kier alpha value is 0.640. The van der Waals surface area contributed by atoms with Crippen LogP contribution in [0.1, 0.15) is 26.7 Å². The maximum absolute atomic E-state index is 5.25. The van der Waals surface area contributed by atoms with Crippen molar-refractivity contribution in [3.63, 3.8) is 0 Å². The van der Waals surface area contributed by atoms with E-state index in [4.69, 9.17) is 17.0 Å². The quantitative estimate of drug-likeness (QED) is 0.420. The summed E-state index contributed by atoms with van der Waals surface area (Å²) in [5, 5.41) is 0. The summed E-state index contributed by atoms with van der Waals surface area (Å²) in [7, 11) is 10.5. The first-order valence-corrected chi connectivity index (χ1v) is 17.3. The van der Waals surface area contributed by atoms with E-state index in [1.54, 1.807) is 6.88 Å². The Morgan fingerprint density at radius 1 is 1.00 bits per heavy atom. The molecular formula is C14H22Cl2SiZr-4. The van der Waals surface area contributed by atoms with E-state index in [1.165, 1.54) is 11.1 Å². The van der Waals surface area contributed by atoms with Crippen molar-refractivity contribution in [2.75, 3.05) is 0 Å². The Balaban J connectivity index is -0.000000182. The Morgan fingerprint density at radius 3 is 1.33 bits per heavy atom. The van der Waals surface area contributed by atoms with Gasteiger partial charge in [-0.25, -0.2) is 23.3 Å². The molecule has 0 aromatic heterocycles. The van der Waals surface area contributed by atoms with Crippen LogP contribution in [-0.4, -0.2) is 6.88 Å². The van der Waals surface area contributed by atoms with E-state index in [0.717, 1.165) is 12.8 Å². The molecule has 2 aliphatic carbocycles. The molecule has 0 aromatic rings. The van der Waals surface area contributed by atoms with Crippen molar-refractivity contribution in [3.8, 4) is 0 Å². The van der Waals surface area contributed by atoms with Gasteiger partial charge in [0, 0.05) is 0 Å². The topological polar surface area (TPSA) is 0 Å². The zero-order chi connectivity index (χ0) is 12.4. The molecule has 0 radical (unpaired) electrons. The molecule has 0 unspecified atom stereocenters. The standard InChI is InChI=1S/2C6H7.2CH3.2ClH.H2Si.Zr/c2*1-6-4-2-3-5-6;;;;;;/h2*2,4H,3H2,1H3;2*1H3;2*1H;1H2;/q4*-1;;;;+2/p-2. The van der Waals surface area contributed by atoms with Gasteiger partial charge in [-0.1, -0.05) is 13.8 Å². The van der Waals surface area contributed by atoms with Crippen molar-refractivity contribution in [1.29, 1.82) is 0 Å². The Kier molecular flexibility index (Phi) is 20.7. The van der Waals surface area contributed by atoms with Crippen LogP contribution < -0.4 is 0 Å². The van der Waals surface area contributed by atoms with Gasteiger partial charge in [-0.2, -0.15) is 12.2 Å². The first-order chi connectivity index (χ1) is 7.52. The zero-order valence-corrected chi connectivity index (χ0v) is 17.1. The van der Waals surface area contributed by atoms with Crippen LogP contribution in [0.4, 0.5) is 0 Å². The molecule has 0 heterocycles. The first-order valence-electron chi connectivity index (χ1n) is 5.00. The summed E-state index contributed by atoms with van der Waals surface area (Å²) in [5.74, 6) is 0. The average molecular weight is 381 g/mol. The molecule has 0 aromatic carbocycles. The fourth-order valence-electron chi connectivity index (χ4n) is 1.03. The fourth-order valence-corrected chi connectivity index (χ4v) is 1.03. The molecule has 0 saturated carbocycles. The van der Waals surface area contributed by atoms with E-state index in [9.17, 15) is 0 Å². The second kappa shape index (κ2) is 15.7. The average Bonchev–Trinajstić information content (AvgIpc) is 2.78. The third kappa shape index (κ3) is 19.0. The summed E-state index contributed by atoms with van der Waals surface area (Å²) in [5.41, 5.74) is 2.55. The van der Waals surface area contributed by atoms with Crippen LogP contribution >= 0.6 is 17.0 Å². The van der Waals surface area contributed by atoms with Gasteiger partial charge in [0.05, 0.1) is 0 Å². The van der Waals surface area contributed by atoms with Crippen LogP contribution in [0, 0.1) is 27.0 Å². The van der Waals surface area contributed by atoms with Crippen molar-refractivity contribution in [3.05, 3.63) is 62.5 Å². The molecule has 0 amide bonds. The molecular weight excluding hydrogens is 358 g/mol. The summed E-state index contributed by atoms with van der Waals surface area (Å²) in [6.45, 7) is 5.85. The number of allylic oxidation sites excluding steroid dienone is 8. The molecule has 2 aliphatic rings. The second-order valence-corrected chi connectivity index (χ2v) is 21.0. The van der Waals surface area contributed by atoms with E-state index < -0.39 is 18.0 Å². The predicted molar refractivity (Wildman–Crippen MR) is 85.5 cm³/mol. The van der Waals surface area contributed by atoms with Crippen LogP contribution in [-0.2, 0) is 18.0 Å². The maximum atomic E-state index is 5.25. The Labute approximate surface area is 130 Å². The van der Waals surface area contributed by atoms with Crippen molar-refractivity contribution in [2.45, 2.75) is 26.7 Å². The third-order valence-electron chi connectivity index (χ3n) is 1.73. The number of halogens is 2. The minimum atomic E-state index is -1.57. The molecule has 0 N–H and O–H groups in total. The van der Waals surface area contributed by atoms with Crippen LogP contribution in [0.5, 0.6) is 0 Å². The van der Waals surface area contributed by atoms with Gasteiger partial charge < -0.3 is 14.9 Å². The van der Waals surface area contributed by atoms with Gasteiger partial charge in [0.2, 0.25) is 0 Å². The summed E-state index contributed by atoms with van der Waals surface area (Å²) in [6.07, 6.45) is 16.7. The number of hydrogen-bond donors (Lipinski definition) is 0. The van der Waals surface area contributed by atoms with Crippen LogP contribution in [0.15, 0.2) is 35.5 Å². The van der Waals surface area contributed by atoms with E-state index >= 15 is 0 Å². The van der Waals surface area contributed by atoms with Gasteiger partial charge in [-0.3, -0.25) is 12.2 Å². The molecule has 0 nitrogen and oxygen atoms in total. The van der Waals surface area contributed by atoms with Gasteiger partial charge in [0.1, 0.15) is 0 Å². The minimum absolute atomic E-state index is 0. The summed E-state index contributed by atoms with van der Waals surface area (Å²) >= 11 is -1.57. The molecule has 18 heavy (non-hydrogen) atoms. The van der Waals surface area contributed by atoms with E-state index in [2.05, 4.69) is 50.3 Å². The van der Waals surface area contributed by atoms with E-state index in [1.807, 2.05) is 0 Å². The molecule has 0 saturated heterocycles. The predicted octanol–water partition coefficient (Wildman–Crippen LogP) is 4.75. The van der Waals surface area contributed by atoms with Crippen molar-refractivity contribution < 1.29 is 18.0 Å². The van der Waals surface area contributed by atoms with Crippen molar-refractivity contribution in [2.24, 2.45) is 0 Å². The zero-order valence-electron chi connectivity index (χ0n) is 11.7. The van der Waals surface area contributed by atoms with Gasteiger partial charge in [-0.05, 0) is 0 Å². The van der Waals surface area contributed by atoms with Crippen molar-refractivity contribution >= 4 is 23.9 Å². The molecule has 4 heteroatoms. The fraction of sp³-hybridized carbons (Fsp3) is 0.286. The normalized spacial score (nSPS) is 13.8. The second-order valence-electron chi connectivity index (χ2n) is 3.27. The molecule has 2 rings (SSSR count). The molecule has 0 aliphatic heterocycles. The molecule has 0 fully saturated rings. The summed E-state index contributed by atoms with van der Waals surface area (Å²) in [6, 6.07) is 0. The van der Waals surface area contributed by atoms with Gasteiger partial charge in [0.15, 0.2) is 0 Å². The van der Waals surface area contributed by atoms with Crippen LogP contribution in [0.25, 0.3) is 0 Å². The van der Waals surface area contributed by atoms with Crippen LogP contribution in [0.3, 0.4) is 0 Å². The monoisotopic (exact) mass is 378 g/mol. The van der Waals surface area contributed by atoms with Crippen molar-refractivity contribution in [1.82, 2.24) is 0 Å². The molecule has 0 atom stereocenters. The molecule has 0 bridgehead atoms. The van der Waals surface area contributed by atoms with Gasteiger partial charge >= 0.3 is 41.9 Å². The van der Waals surface area contributed by atoms with E-state index in [-0.39, 0.29) is 14.9 Å². The first kappa shape index (κ1) is 23.7. The number of hydrogen-bond acceptors (Lipinski definition) is 0. The Morgan fingerprint density at radius 2 is 1.28 bits per heavy atom. The molecule has 104 valence electrons. The van der Waals surface area contributed by atoms with Gasteiger partial charge in [0.25, 0.3) is 0 Å². The van der Waals surface area contributed by atoms with E-state index in [0.29, 0.717) is 0 Å². The molecule has 0 spiro atoms. The summed E-state index contributed by atoms with van der Waals surface area (Å²) < 4.78 is 0. The number of rotatable bonds is 0. The van der Waals surface area contributed by atoms with Gasteiger partial charge in [-0.15, -0.1) is 12.8 Å². The summed E-state index contributed by atoms with van der Waals surface area (Å²) in [4.78, 5) is 0. The third-order valence-corrected chi connectivity index (χ3v) is 1.73.